The third-order valence-corrected chi connectivity index (χ3v) is 2.94. The molecule has 0 amide bonds. The molecule has 1 heterocycles. The first kappa shape index (κ1) is 13.0. The van der Waals surface area contributed by atoms with Gasteiger partial charge in [-0.1, -0.05) is 29.8 Å². The third-order valence-electron chi connectivity index (χ3n) is 2.56. The summed E-state index contributed by atoms with van der Waals surface area (Å²) in [5.41, 5.74) is -0.640. The van der Waals surface area contributed by atoms with Crippen LogP contribution in [0.5, 0.6) is 0 Å². The van der Waals surface area contributed by atoms with Crippen LogP contribution in [0.4, 0.5) is 13.2 Å². The van der Waals surface area contributed by atoms with Gasteiger partial charge < -0.3 is 4.74 Å². The molecule has 0 fully saturated rings. The molecule has 1 atom stereocenters. The average Bonchev–Trinajstić information content (AvgIpc) is 2.28. The smallest absolute Gasteiger partial charge is 0.416 e. The van der Waals surface area contributed by atoms with Gasteiger partial charge in [0.1, 0.15) is 12.5 Å². The Morgan fingerprint density at radius 1 is 1.33 bits per heavy atom. The molecule has 1 aliphatic rings. The van der Waals surface area contributed by atoms with Gasteiger partial charge in [0.25, 0.3) is 0 Å². The van der Waals surface area contributed by atoms with Crippen LogP contribution in [0.2, 0.25) is 0 Å². The summed E-state index contributed by atoms with van der Waals surface area (Å²) in [4.78, 5) is 11.5. The van der Waals surface area contributed by atoms with E-state index in [9.17, 15) is 18.0 Å². The van der Waals surface area contributed by atoms with Gasteiger partial charge in [-0.3, -0.25) is 4.79 Å². The lowest BCUT2D eigenvalue weighted by molar-refractivity contribution is -0.144. The van der Waals surface area contributed by atoms with Crippen molar-refractivity contribution in [3.63, 3.8) is 0 Å². The van der Waals surface area contributed by atoms with Crippen LogP contribution in [0.3, 0.4) is 0 Å². The Bertz CT molecular complexity index is 508. The Balaban J connectivity index is 2.42. The number of carbonyl (C=O) groups is 1. The number of esters is 1. The fraction of sp³-hybridized carbons (Fsp3) is 0.250. The zero-order valence-corrected chi connectivity index (χ0v) is 9.76. The quantitative estimate of drug-likeness (QED) is 0.734. The van der Waals surface area contributed by atoms with Crippen molar-refractivity contribution in [1.82, 2.24) is 0 Å². The average molecular weight is 277 g/mol. The topological polar surface area (TPSA) is 26.3 Å². The van der Waals surface area contributed by atoms with Crippen LogP contribution in [0.1, 0.15) is 17.0 Å². The Morgan fingerprint density at radius 3 is 2.67 bits per heavy atom. The molecule has 0 saturated carbocycles. The van der Waals surface area contributed by atoms with Crippen molar-refractivity contribution in [3.8, 4) is 0 Å². The number of hydrogen-bond acceptors (Lipinski definition) is 2. The molecule has 0 N–H and O–H groups in total. The molecule has 1 unspecified atom stereocenters. The maximum absolute atomic E-state index is 12.6. The SMILES string of the molecule is O=C1OCC=C(Cl)C1c1cccc(C(F)(F)F)c1. The monoisotopic (exact) mass is 276 g/mol. The van der Waals surface area contributed by atoms with Crippen LogP contribution in [0.25, 0.3) is 0 Å². The van der Waals surface area contributed by atoms with E-state index in [0.717, 1.165) is 12.1 Å². The van der Waals surface area contributed by atoms with Gasteiger partial charge in [-0.2, -0.15) is 13.2 Å². The fourth-order valence-corrected chi connectivity index (χ4v) is 1.99. The Hall–Kier alpha value is -1.49. The maximum Gasteiger partial charge on any atom is 0.416 e. The summed E-state index contributed by atoms with van der Waals surface area (Å²) < 4.78 is 42.5. The van der Waals surface area contributed by atoms with Crippen LogP contribution >= 0.6 is 11.6 Å². The number of carbonyl (C=O) groups excluding carboxylic acids is 1. The summed E-state index contributed by atoms with van der Waals surface area (Å²) in [5.74, 6) is -1.61. The van der Waals surface area contributed by atoms with Gasteiger partial charge in [-0.15, -0.1) is 0 Å². The molecular weight excluding hydrogens is 269 g/mol. The maximum atomic E-state index is 12.6. The van der Waals surface area contributed by atoms with Crippen LogP contribution < -0.4 is 0 Å². The van der Waals surface area contributed by atoms with E-state index in [2.05, 4.69) is 0 Å². The van der Waals surface area contributed by atoms with E-state index in [-0.39, 0.29) is 17.2 Å². The van der Waals surface area contributed by atoms with Gasteiger partial charge in [0.05, 0.1) is 5.56 Å². The zero-order chi connectivity index (χ0) is 13.3. The molecule has 0 aromatic heterocycles. The van der Waals surface area contributed by atoms with E-state index >= 15 is 0 Å². The van der Waals surface area contributed by atoms with Gasteiger partial charge in [-0.25, -0.2) is 0 Å². The first-order valence-electron chi connectivity index (χ1n) is 5.09. The number of cyclic esters (lactones) is 1. The van der Waals surface area contributed by atoms with Crippen LogP contribution in [-0.2, 0) is 15.7 Å². The van der Waals surface area contributed by atoms with E-state index in [1.165, 1.54) is 18.2 Å². The minimum absolute atomic E-state index is 0.0487. The van der Waals surface area contributed by atoms with Crippen molar-refractivity contribution in [2.24, 2.45) is 0 Å². The highest BCUT2D eigenvalue weighted by atomic mass is 35.5. The summed E-state index contributed by atoms with van der Waals surface area (Å²) in [6, 6.07) is 4.51. The lowest BCUT2D eigenvalue weighted by atomic mass is 9.95. The molecule has 2 rings (SSSR count). The zero-order valence-electron chi connectivity index (χ0n) is 9.00. The standard InChI is InChI=1S/C12H8ClF3O2/c13-9-4-5-18-11(17)10(9)7-2-1-3-8(6-7)12(14,15)16/h1-4,6,10H,5H2. The van der Waals surface area contributed by atoms with Crippen molar-refractivity contribution in [1.29, 1.82) is 0 Å². The summed E-state index contributed by atoms with van der Waals surface area (Å²) in [7, 11) is 0. The molecule has 0 bridgehead atoms. The highest BCUT2D eigenvalue weighted by Crippen LogP contribution is 2.35. The first-order chi connectivity index (χ1) is 8.39. The molecule has 18 heavy (non-hydrogen) atoms. The molecule has 1 aliphatic heterocycles. The number of ether oxygens (including phenoxy) is 1. The predicted molar refractivity (Wildman–Crippen MR) is 59.1 cm³/mol. The van der Waals surface area contributed by atoms with Gasteiger partial charge in [0.2, 0.25) is 0 Å². The molecule has 0 radical (unpaired) electrons. The predicted octanol–water partition coefficient (Wildman–Crippen LogP) is 3.47. The molecule has 1 aromatic rings. The Kier molecular flexibility index (Phi) is 3.34. The largest absolute Gasteiger partial charge is 0.461 e. The van der Waals surface area contributed by atoms with E-state index in [4.69, 9.17) is 16.3 Å². The highest BCUT2D eigenvalue weighted by Gasteiger charge is 2.33. The second kappa shape index (κ2) is 4.65. The molecular formula is C12H8ClF3O2. The van der Waals surface area contributed by atoms with Crippen molar-refractivity contribution in [3.05, 3.63) is 46.5 Å². The molecule has 0 saturated heterocycles. The van der Waals surface area contributed by atoms with Gasteiger partial charge in [-0.05, 0) is 17.7 Å². The van der Waals surface area contributed by atoms with E-state index in [1.807, 2.05) is 0 Å². The van der Waals surface area contributed by atoms with Gasteiger partial charge >= 0.3 is 12.1 Å². The minimum atomic E-state index is -4.45. The van der Waals surface area contributed by atoms with Crippen LogP contribution in [-0.4, -0.2) is 12.6 Å². The number of alkyl halides is 3. The molecule has 1 aromatic carbocycles. The fourth-order valence-electron chi connectivity index (χ4n) is 1.71. The molecule has 6 heteroatoms. The van der Waals surface area contributed by atoms with Crippen molar-refractivity contribution in [2.75, 3.05) is 6.61 Å². The second-order valence-electron chi connectivity index (χ2n) is 3.78. The normalized spacial score (nSPS) is 20.3. The van der Waals surface area contributed by atoms with E-state index in [1.54, 1.807) is 0 Å². The summed E-state index contributed by atoms with van der Waals surface area (Å²) in [6.07, 6.45) is -2.99. The number of benzene rings is 1. The number of halogens is 4. The van der Waals surface area contributed by atoms with Crippen LogP contribution in [0.15, 0.2) is 35.4 Å². The van der Waals surface area contributed by atoms with Crippen molar-refractivity contribution in [2.45, 2.75) is 12.1 Å². The molecule has 2 nitrogen and oxygen atoms in total. The van der Waals surface area contributed by atoms with Crippen molar-refractivity contribution < 1.29 is 22.7 Å². The lowest BCUT2D eigenvalue weighted by Crippen LogP contribution is -2.21. The molecule has 96 valence electrons. The number of rotatable bonds is 1. The van der Waals surface area contributed by atoms with Gasteiger partial charge in [0, 0.05) is 5.03 Å². The molecule has 0 spiro atoms. The first-order valence-corrected chi connectivity index (χ1v) is 5.47. The lowest BCUT2D eigenvalue weighted by Gasteiger charge is -2.20. The summed E-state index contributed by atoms with van der Waals surface area (Å²) in [6.45, 7) is 0.0487. The minimum Gasteiger partial charge on any atom is -0.461 e. The summed E-state index contributed by atoms with van der Waals surface area (Å²) in [5, 5.41) is 0.186. The Labute approximate surface area is 106 Å². The summed E-state index contributed by atoms with van der Waals surface area (Å²) >= 11 is 5.86. The van der Waals surface area contributed by atoms with Crippen LogP contribution in [0, 0.1) is 0 Å². The Morgan fingerprint density at radius 2 is 2.06 bits per heavy atom. The van der Waals surface area contributed by atoms with Gasteiger partial charge in [0.15, 0.2) is 0 Å². The third kappa shape index (κ3) is 2.51. The highest BCUT2D eigenvalue weighted by molar-refractivity contribution is 6.32. The van der Waals surface area contributed by atoms with E-state index < -0.39 is 23.6 Å². The number of hydrogen-bond donors (Lipinski definition) is 0. The molecule has 0 aliphatic carbocycles. The van der Waals surface area contributed by atoms with Crippen molar-refractivity contribution >= 4 is 17.6 Å². The van der Waals surface area contributed by atoms with E-state index in [0.29, 0.717) is 0 Å². The second-order valence-corrected chi connectivity index (χ2v) is 4.21.